The van der Waals surface area contributed by atoms with Crippen molar-refractivity contribution in [1.82, 2.24) is 15.1 Å². The number of halogens is 1. The maximum atomic E-state index is 11.6. The van der Waals surface area contributed by atoms with Gasteiger partial charge >= 0.3 is 0 Å². The van der Waals surface area contributed by atoms with Crippen molar-refractivity contribution in [3.05, 3.63) is 18.0 Å². The molecule has 0 aliphatic rings. The summed E-state index contributed by atoms with van der Waals surface area (Å²) in [5.74, 6) is 0.955. The van der Waals surface area contributed by atoms with E-state index in [1.807, 2.05) is 0 Å². The van der Waals surface area contributed by atoms with Gasteiger partial charge in [-0.25, -0.2) is 0 Å². The Bertz CT molecular complexity index is 324. The number of hydrogen-bond donors (Lipinski definition) is 1. The van der Waals surface area contributed by atoms with Crippen molar-refractivity contribution in [2.45, 2.75) is 13.3 Å². The Hall–Kier alpha value is -1.03. The van der Waals surface area contributed by atoms with Gasteiger partial charge in [0.25, 0.3) is 5.91 Å². The smallest absolute Gasteiger partial charge is 0.254 e. The van der Waals surface area contributed by atoms with Crippen molar-refractivity contribution in [3.63, 3.8) is 0 Å². The molecule has 4 nitrogen and oxygen atoms in total. The molecule has 0 spiro atoms. The number of amides is 1. The van der Waals surface area contributed by atoms with Gasteiger partial charge in [-0.05, 0) is 12.3 Å². The van der Waals surface area contributed by atoms with Crippen LogP contribution >= 0.6 is 11.6 Å². The van der Waals surface area contributed by atoms with Crippen LogP contribution in [-0.2, 0) is 7.05 Å². The van der Waals surface area contributed by atoms with E-state index in [4.69, 9.17) is 11.6 Å². The Balaban J connectivity index is 2.36. The highest BCUT2D eigenvalue weighted by Gasteiger charge is 2.08. The lowest BCUT2D eigenvalue weighted by Crippen LogP contribution is -2.28. The van der Waals surface area contributed by atoms with E-state index in [0.717, 1.165) is 6.42 Å². The molecule has 1 aromatic rings. The lowest BCUT2D eigenvalue weighted by molar-refractivity contribution is 0.0948. The number of carbonyl (C=O) groups is 1. The minimum absolute atomic E-state index is 0.0791. The maximum absolute atomic E-state index is 11.6. The fourth-order valence-electron chi connectivity index (χ4n) is 1.20. The first kappa shape index (κ1) is 12.0. The van der Waals surface area contributed by atoms with Gasteiger partial charge in [0.2, 0.25) is 0 Å². The highest BCUT2D eigenvalue weighted by molar-refractivity contribution is 6.17. The number of aryl methyl sites for hydroxylation is 1. The lowest BCUT2D eigenvalue weighted by Gasteiger charge is -2.09. The normalized spacial score (nSPS) is 12.5. The third-order valence-corrected chi connectivity index (χ3v) is 2.40. The van der Waals surface area contributed by atoms with E-state index in [9.17, 15) is 4.79 Å². The standard InChI is InChI=1S/C10H16ClN3O/c1-8(3-4-11)5-12-10(15)9-6-13-14(2)7-9/h6-8H,3-5H2,1-2H3,(H,12,15). The molecule has 1 aromatic heterocycles. The van der Waals surface area contributed by atoms with E-state index in [0.29, 0.717) is 23.9 Å². The van der Waals surface area contributed by atoms with Crippen molar-refractivity contribution in [2.75, 3.05) is 12.4 Å². The summed E-state index contributed by atoms with van der Waals surface area (Å²) in [6, 6.07) is 0. The predicted molar refractivity (Wildman–Crippen MR) is 60.0 cm³/mol. The van der Waals surface area contributed by atoms with Gasteiger partial charge in [-0.15, -0.1) is 11.6 Å². The summed E-state index contributed by atoms with van der Waals surface area (Å²) >= 11 is 5.61. The third kappa shape index (κ3) is 3.91. The van der Waals surface area contributed by atoms with E-state index in [2.05, 4.69) is 17.3 Å². The van der Waals surface area contributed by atoms with Gasteiger partial charge in [-0.3, -0.25) is 9.48 Å². The van der Waals surface area contributed by atoms with Gasteiger partial charge in [-0.1, -0.05) is 6.92 Å². The highest BCUT2D eigenvalue weighted by atomic mass is 35.5. The molecular formula is C10H16ClN3O. The molecule has 1 atom stereocenters. The number of alkyl halides is 1. The van der Waals surface area contributed by atoms with E-state index >= 15 is 0 Å². The van der Waals surface area contributed by atoms with E-state index in [1.54, 1.807) is 24.1 Å². The first-order chi connectivity index (χ1) is 7.13. The quantitative estimate of drug-likeness (QED) is 0.777. The van der Waals surface area contributed by atoms with E-state index in [1.165, 1.54) is 0 Å². The zero-order chi connectivity index (χ0) is 11.3. The number of nitrogens with zero attached hydrogens (tertiary/aromatic N) is 2. The number of rotatable bonds is 5. The van der Waals surface area contributed by atoms with E-state index in [-0.39, 0.29) is 5.91 Å². The summed E-state index contributed by atoms with van der Waals surface area (Å²) in [6.45, 7) is 2.71. The summed E-state index contributed by atoms with van der Waals surface area (Å²) in [5, 5.41) is 6.78. The van der Waals surface area contributed by atoms with Crippen molar-refractivity contribution < 1.29 is 4.79 Å². The number of aromatic nitrogens is 2. The second kappa shape index (κ2) is 5.75. The number of nitrogens with one attached hydrogen (secondary N) is 1. The molecule has 1 amide bonds. The first-order valence-electron chi connectivity index (χ1n) is 4.96. The van der Waals surface area contributed by atoms with Crippen molar-refractivity contribution in [1.29, 1.82) is 0 Å². The zero-order valence-corrected chi connectivity index (χ0v) is 9.79. The molecular weight excluding hydrogens is 214 g/mol. The average Bonchev–Trinajstić information content (AvgIpc) is 2.62. The van der Waals surface area contributed by atoms with Crippen LogP contribution in [0.2, 0.25) is 0 Å². The molecule has 0 aliphatic carbocycles. The summed E-state index contributed by atoms with van der Waals surface area (Å²) in [7, 11) is 1.78. The SMILES string of the molecule is CC(CCCl)CNC(=O)c1cnn(C)c1. The Kier molecular flexibility index (Phi) is 4.62. The van der Waals surface area contributed by atoms with Gasteiger partial charge in [0.15, 0.2) is 0 Å². The molecule has 1 rings (SSSR count). The molecule has 0 aromatic carbocycles. The van der Waals surface area contributed by atoms with Gasteiger partial charge < -0.3 is 5.32 Å². The van der Waals surface area contributed by atoms with Crippen molar-refractivity contribution in [3.8, 4) is 0 Å². The molecule has 0 bridgehead atoms. The molecule has 0 radical (unpaired) electrons. The van der Waals surface area contributed by atoms with Crippen LogP contribution in [0, 0.1) is 5.92 Å². The second-order valence-corrected chi connectivity index (χ2v) is 4.07. The highest BCUT2D eigenvalue weighted by Crippen LogP contribution is 2.02. The maximum Gasteiger partial charge on any atom is 0.254 e. The average molecular weight is 230 g/mol. The van der Waals surface area contributed by atoms with Crippen LogP contribution in [0.15, 0.2) is 12.4 Å². The molecule has 5 heteroatoms. The first-order valence-corrected chi connectivity index (χ1v) is 5.49. The van der Waals surface area contributed by atoms with Crippen molar-refractivity contribution >= 4 is 17.5 Å². The Labute approximate surface area is 94.6 Å². The van der Waals surface area contributed by atoms with Crippen LogP contribution in [0.1, 0.15) is 23.7 Å². The van der Waals surface area contributed by atoms with Gasteiger partial charge in [0.1, 0.15) is 0 Å². The predicted octanol–water partition coefficient (Wildman–Crippen LogP) is 1.41. The summed E-state index contributed by atoms with van der Waals surface area (Å²) in [6.07, 6.45) is 4.16. The topological polar surface area (TPSA) is 46.9 Å². The number of carbonyl (C=O) groups excluding carboxylic acids is 1. The summed E-state index contributed by atoms with van der Waals surface area (Å²) < 4.78 is 1.61. The van der Waals surface area contributed by atoms with Crippen LogP contribution in [0.25, 0.3) is 0 Å². The molecule has 15 heavy (non-hydrogen) atoms. The molecule has 0 saturated heterocycles. The zero-order valence-electron chi connectivity index (χ0n) is 9.03. The fourth-order valence-corrected chi connectivity index (χ4v) is 1.57. The van der Waals surface area contributed by atoms with Crippen LogP contribution < -0.4 is 5.32 Å². The Morgan fingerprint density at radius 3 is 3.00 bits per heavy atom. The molecule has 1 N–H and O–H groups in total. The van der Waals surface area contributed by atoms with Gasteiger partial charge in [0, 0.05) is 25.7 Å². The lowest BCUT2D eigenvalue weighted by atomic mass is 10.1. The summed E-state index contributed by atoms with van der Waals surface area (Å²) in [5.41, 5.74) is 0.593. The minimum atomic E-state index is -0.0791. The minimum Gasteiger partial charge on any atom is -0.352 e. The van der Waals surface area contributed by atoms with Crippen LogP contribution in [-0.4, -0.2) is 28.1 Å². The van der Waals surface area contributed by atoms with Crippen LogP contribution in [0.5, 0.6) is 0 Å². The van der Waals surface area contributed by atoms with Crippen LogP contribution in [0.4, 0.5) is 0 Å². The molecule has 0 saturated carbocycles. The molecule has 1 heterocycles. The largest absolute Gasteiger partial charge is 0.352 e. The van der Waals surface area contributed by atoms with E-state index < -0.39 is 0 Å². The monoisotopic (exact) mass is 229 g/mol. The molecule has 1 unspecified atom stereocenters. The van der Waals surface area contributed by atoms with Gasteiger partial charge in [-0.2, -0.15) is 5.10 Å². The number of hydrogen-bond acceptors (Lipinski definition) is 2. The Morgan fingerprint density at radius 2 is 2.47 bits per heavy atom. The van der Waals surface area contributed by atoms with Crippen molar-refractivity contribution in [2.24, 2.45) is 13.0 Å². The Morgan fingerprint density at radius 1 is 1.73 bits per heavy atom. The summed E-state index contributed by atoms with van der Waals surface area (Å²) in [4.78, 5) is 11.6. The molecule has 84 valence electrons. The molecule has 0 fully saturated rings. The van der Waals surface area contributed by atoms with Crippen LogP contribution in [0.3, 0.4) is 0 Å². The molecule has 0 aliphatic heterocycles. The van der Waals surface area contributed by atoms with Gasteiger partial charge in [0.05, 0.1) is 11.8 Å². The second-order valence-electron chi connectivity index (χ2n) is 3.70. The fraction of sp³-hybridized carbons (Fsp3) is 0.600. The third-order valence-electron chi connectivity index (χ3n) is 2.18.